The zero-order valence-electron chi connectivity index (χ0n) is 8.08. The lowest BCUT2D eigenvalue weighted by Gasteiger charge is -2.28. The number of hydrogen-bond donors (Lipinski definition) is 3. The summed E-state index contributed by atoms with van der Waals surface area (Å²) in [5, 5.41) is 27.5. The summed E-state index contributed by atoms with van der Waals surface area (Å²) in [6, 6.07) is 0. The molecule has 6 heteroatoms. The van der Waals surface area contributed by atoms with E-state index in [1.165, 1.54) is 0 Å². The Hall–Kier alpha value is -1.24. The maximum Gasteiger partial charge on any atom is 0.303 e. The van der Waals surface area contributed by atoms with Gasteiger partial charge in [-0.3, -0.25) is 9.59 Å². The summed E-state index contributed by atoms with van der Waals surface area (Å²) < 4.78 is 4.57. The largest absolute Gasteiger partial charge is 0.451 e. The minimum absolute atomic E-state index is 0.0703. The van der Waals surface area contributed by atoms with Crippen LogP contribution in [0.4, 0.5) is 0 Å². The van der Waals surface area contributed by atoms with E-state index in [-0.39, 0.29) is 5.57 Å². The monoisotopic (exact) mass is 216 g/mol. The Kier molecular flexibility index (Phi) is 3.57. The molecule has 3 N–H and O–H groups in total. The van der Waals surface area contributed by atoms with E-state index in [0.717, 1.165) is 13.0 Å². The lowest BCUT2D eigenvalue weighted by atomic mass is 9.91. The highest BCUT2D eigenvalue weighted by Crippen LogP contribution is 2.18. The van der Waals surface area contributed by atoms with Crippen LogP contribution in [0.2, 0.25) is 0 Å². The lowest BCUT2D eigenvalue weighted by Crippen LogP contribution is -2.48. The van der Waals surface area contributed by atoms with Gasteiger partial charge in [0, 0.05) is 12.5 Å². The topological polar surface area (TPSA) is 104 Å². The first-order valence-electron chi connectivity index (χ1n) is 4.36. The molecule has 15 heavy (non-hydrogen) atoms. The van der Waals surface area contributed by atoms with E-state index in [1.807, 2.05) is 0 Å². The van der Waals surface area contributed by atoms with Crippen molar-refractivity contribution >= 4 is 11.8 Å². The normalized spacial score (nSPS) is 31.1. The molecule has 0 saturated carbocycles. The summed E-state index contributed by atoms with van der Waals surface area (Å²) >= 11 is 0. The van der Waals surface area contributed by atoms with Crippen molar-refractivity contribution in [1.29, 1.82) is 0 Å². The van der Waals surface area contributed by atoms with Crippen LogP contribution >= 0.6 is 0 Å². The van der Waals surface area contributed by atoms with E-state index < -0.39 is 36.7 Å². The molecule has 1 rings (SSSR count). The Morgan fingerprint density at radius 3 is 2.60 bits per heavy atom. The lowest BCUT2D eigenvalue weighted by molar-refractivity contribution is -0.163. The van der Waals surface area contributed by atoms with Crippen LogP contribution in [0.3, 0.4) is 0 Å². The number of aliphatic hydroxyl groups excluding tert-OH is 3. The molecule has 0 saturated heterocycles. The summed E-state index contributed by atoms with van der Waals surface area (Å²) in [6.07, 6.45) is -3.21. The first-order chi connectivity index (χ1) is 6.97. The molecule has 3 unspecified atom stereocenters. The Bertz CT molecular complexity index is 308. The van der Waals surface area contributed by atoms with Gasteiger partial charge in [-0.05, 0) is 6.08 Å². The second-order valence-corrected chi connectivity index (χ2v) is 3.23. The van der Waals surface area contributed by atoms with Crippen molar-refractivity contribution < 1.29 is 29.6 Å². The fourth-order valence-electron chi connectivity index (χ4n) is 1.34. The van der Waals surface area contributed by atoms with Gasteiger partial charge in [0.25, 0.3) is 0 Å². The SMILES string of the molecule is CC(=O)OC1C(=O)C(CO)=CC(O)C1O. The van der Waals surface area contributed by atoms with Crippen molar-refractivity contribution in [3.05, 3.63) is 11.6 Å². The van der Waals surface area contributed by atoms with E-state index >= 15 is 0 Å². The second kappa shape index (κ2) is 4.52. The van der Waals surface area contributed by atoms with Crippen LogP contribution in [-0.4, -0.2) is 52.0 Å². The van der Waals surface area contributed by atoms with Gasteiger partial charge in [0.05, 0.1) is 6.61 Å². The van der Waals surface area contributed by atoms with E-state index in [1.54, 1.807) is 0 Å². The highest BCUT2D eigenvalue weighted by Gasteiger charge is 2.39. The van der Waals surface area contributed by atoms with Gasteiger partial charge in [-0.25, -0.2) is 0 Å². The van der Waals surface area contributed by atoms with Crippen molar-refractivity contribution in [2.45, 2.75) is 25.2 Å². The molecule has 0 aromatic heterocycles. The first kappa shape index (κ1) is 11.8. The van der Waals surface area contributed by atoms with E-state index in [2.05, 4.69) is 4.74 Å². The standard InChI is InChI=1S/C9H12O6/c1-4(11)15-9-7(13)5(3-10)2-6(12)8(9)14/h2,6,8-10,12,14H,3H2,1H3. The molecule has 84 valence electrons. The Balaban J connectivity index is 2.92. The molecule has 0 aliphatic heterocycles. The smallest absolute Gasteiger partial charge is 0.303 e. The number of ether oxygens (including phenoxy) is 1. The minimum atomic E-state index is -1.49. The Morgan fingerprint density at radius 1 is 1.53 bits per heavy atom. The molecular formula is C9H12O6. The van der Waals surface area contributed by atoms with Gasteiger partial charge in [-0.1, -0.05) is 0 Å². The average molecular weight is 216 g/mol. The molecule has 0 amide bonds. The number of carbonyl (C=O) groups is 2. The number of rotatable bonds is 2. The van der Waals surface area contributed by atoms with Crippen molar-refractivity contribution in [2.75, 3.05) is 6.61 Å². The number of Topliss-reactive ketones (excluding diaryl/α,β-unsaturated/α-hetero) is 1. The maximum atomic E-state index is 11.5. The number of carbonyl (C=O) groups excluding carboxylic acids is 2. The van der Waals surface area contributed by atoms with Crippen molar-refractivity contribution in [2.24, 2.45) is 0 Å². The summed E-state index contributed by atoms with van der Waals surface area (Å²) in [4.78, 5) is 22.1. The van der Waals surface area contributed by atoms with Gasteiger partial charge < -0.3 is 20.1 Å². The molecule has 1 aliphatic carbocycles. The van der Waals surface area contributed by atoms with E-state index in [0.29, 0.717) is 0 Å². The minimum Gasteiger partial charge on any atom is -0.451 e. The van der Waals surface area contributed by atoms with Gasteiger partial charge in [0.1, 0.15) is 12.2 Å². The third kappa shape index (κ3) is 2.41. The fourth-order valence-corrected chi connectivity index (χ4v) is 1.34. The number of esters is 1. The van der Waals surface area contributed by atoms with Gasteiger partial charge in [0.15, 0.2) is 6.10 Å². The molecule has 0 bridgehead atoms. The van der Waals surface area contributed by atoms with Crippen LogP contribution in [0.15, 0.2) is 11.6 Å². The first-order valence-corrected chi connectivity index (χ1v) is 4.36. The van der Waals surface area contributed by atoms with Gasteiger partial charge in [-0.2, -0.15) is 0 Å². The van der Waals surface area contributed by atoms with Crippen molar-refractivity contribution in [3.63, 3.8) is 0 Å². The second-order valence-electron chi connectivity index (χ2n) is 3.23. The predicted molar refractivity (Wildman–Crippen MR) is 47.7 cm³/mol. The molecule has 0 heterocycles. The summed E-state index contributed by atoms with van der Waals surface area (Å²) in [5.74, 6) is -1.43. The van der Waals surface area contributed by atoms with Crippen LogP contribution in [0.5, 0.6) is 0 Å². The average Bonchev–Trinajstić information content (AvgIpc) is 2.18. The van der Waals surface area contributed by atoms with Gasteiger partial charge >= 0.3 is 5.97 Å². The third-order valence-corrected chi connectivity index (χ3v) is 2.07. The molecule has 0 radical (unpaired) electrons. The highest BCUT2D eigenvalue weighted by atomic mass is 16.6. The van der Waals surface area contributed by atoms with Crippen molar-refractivity contribution in [3.8, 4) is 0 Å². The summed E-state index contributed by atoms with van der Waals surface area (Å²) in [5.41, 5.74) is -0.0703. The van der Waals surface area contributed by atoms with Crippen LogP contribution in [-0.2, 0) is 14.3 Å². The summed E-state index contributed by atoms with van der Waals surface area (Å²) in [7, 11) is 0. The molecule has 0 aromatic rings. The van der Waals surface area contributed by atoms with Crippen LogP contribution < -0.4 is 0 Å². The Morgan fingerprint density at radius 2 is 2.13 bits per heavy atom. The van der Waals surface area contributed by atoms with Gasteiger partial charge in [-0.15, -0.1) is 0 Å². The quantitative estimate of drug-likeness (QED) is 0.468. The van der Waals surface area contributed by atoms with E-state index in [9.17, 15) is 19.8 Å². The zero-order valence-corrected chi connectivity index (χ0v) is 8.08. The molecule has 1 aliphatic rings. The number of ketones is 1. The maximum absolute atomic E-state index is 11.5. The number of aliphatic hydroxyl groups is 3. The molecule has 6 nitrogen and oxygen atoms in total. The molecule has 0 spiro atoms. The highest BCUT2D eigenvalue weighted by molar-refractivity contribution is 6.01. The van der Waals surface area contributed by atoms with Crippen LogP contribution in [0.25, 0.3) is 0 Å². The van der Waals surface area contributed by atoms with Crippen LogP contribution in [0.1, 0.15) is 6.92 Å². The number of hydrogen-bond acceptors (Lipinski definition) is 6. The van der Waals surface area contributed by atoms with Crippen LogP contribution in [0, 0.1) is 0 Å². The van der Waals surface area contributed by atoms with E-state index in [4.69, 9.17) is 5.11 Å². The molecule has 0 fully saturated rings. The Labute approximate surface area is 85.8 Å². The predicted octanol–water partition coefficient (Wildman–Crippen LogP) is -1.86. The molecule has 0 aromatic carbocycles. The fraction of sp³-hybridized carbons (Fsp3) is 0.556. The van der Waals surface area contributed by atoms with Crippen molar-refractivity contribution in [1.82, 2.24) is 0 Å². The summed E-state index contributed by atoms with van der Waals surface area (Å²) in [6.45, 7) is 0.518. The third-order valence-electron chi connectivity index (χ3n) is 2.07. The molecule has 3 atom stereocenters. The molecular weight excluding hydrogens is 204 g/mol. The zero-order chi connectivity index (χ0) is 11.6. The van der Waals surface area contributed by atoms with Gasteiger partial charge in [0.2, 0.25) is 5.78 Å².